The zero-order chi connectivity index (χ0) is 13.2. The van der Waals surface area contributed by atoms with Crippen molar-refractivity contribution in [3.05, 3.63) is 35.5 Å². The minimum Gasteiger partial charge on any atom is -0.493 e. The Morgan fingerprint density at radius 1 is 1.32 bits per heavy atom. The molecule has 0 unspecified atom stereocenters. The van der Waals surface area contributed by atoms with Crippen molar-refractivity contribution in [1.29, 1.82) is 0 Å². The fourth-order valence-corrected chi connectivity index (χ4v) is 2.94. The molecule has 4 rings (SSSR count). The first kappa shape index (κ1) is 12.3. The molecule has 0 spiro atoms. The molecule has 1 aromatic rings. The third-order valence-electron chi connectivity index (χ3n) is 3.97. The molecule has 0 atom stereocenters. The van der Waals surface area contributed by atoms with E-state index >= 15 is 0 Å². The highest BCUT2D eigenvalue weighted by atomic mass is 16.5. The summed E-state index contributed by atoms with van der Waals surface area (Å²) < 4.78 is 5.62. The first-order chi connectivity index (χ1) is 9.29. The van der Waals surface area contributed by atoms with Crippen LogP contribution in [-0.2, 0) is 4.79 Å². The summed E-state index contributed by atoms with van der Waals surface area (Å²) in [5, 5.41) is 0. The van der Waals surface area contributed by atoms with Crippen LogP contribution in [0.5, 0.6) is 5.75 Å². The van der Waals surface area contributed by atoms with Crippen molar-refractivity contribution in [2.24, 2.45) is 5.92 Å². The number of allylic oxidation sites excluding steroid dienone is 1. The van der Waals surface area contributed by atoms with Crippen LogP contribution in [0.25, 0.3) is 6.08 Å². The van der Waals surface area contributed by atoms with E-state index in [0.717, 1.165) is 42.9 Å². The second-order valence-electron chi connectivity index (χ2n) is 5.13. The normalized spacial score (nSPS) is 21.2. The number of rotatable bonds is 3. The molecule has 3 heterocycles. The second kappa shape index (κ2) is 5.08. The number of Topliss-reactive ketones (excluding diaryl/α,β-unsaturated/α-hetero) is 1. The molecule has 0 N–H and O–H groups in total. The number of carbonyl (C=O) groups is 1. The zero-order valence-corrected chi connectivity index (χ0v) is 11.3. The van der Waals surface area contributed by atoms with E-state index in [9.17, 15) is 4.79 Å². The van der Waals surface area contributed by atoms with Crippen molar-refractivity contribution in [2.45, 2.75) is 19.8 Å². The van der Waals surface area contributed by atoms with Crippen LogP contribution in [0.15, 0.2) is 30.0 Å². The molecule has 0 radical (unpaired) electrons. The summed E-state index contributed by atoms with van der Waals surface area (Å²) in [5.41, 5.74) is 1.87. The fraction of sp³-hybridized carbons (Fsp3) is 0.438. The van der Waals surface area contributed by atoms with Crippen molar-refractivity contribution < 1.29 is 9.53 Å². The molecule has 3 saturated heterocycles. The van der Waals surface area contributed by atoms with Gasteiger partial charge in [0.2, 0.25) is 0 Å². The van der Waals surface area contributed by atoms with E-state index in [1.807, 2.05) is 37.3 Å². The number of ether oxygens (including phenoxy) is 1. The maximum atomic E-state index is 12.3. The molecule has 3 nitrogen and oxygen atoms in total. The molecule has 0 aliphatic carbocycles. The number of nitrogens with zero attached hydrogens (tertiary/aromatic N) is 1. The second-order valence-corrected chi connectivity index (χ2v) is 5.13. The lowest BCUT2D eigenvalue weighted by Crippen LogP contribution is -2.45. The predicted octanol–water partition coefficient (Wildman–Crippen LogP) is 2.72. The van der Waals surface area contributed by atoms with Crippen molar-refractivity contribution >= 4 is 11.9 Å². The number of hydrogen-bond acceptors (Lipinski definition) is 3. The number of benzene rings is 1. The Kier molecular flexibility index (Phi) is 3.28. The van der Waals surface area contributed by atoms with Gasteiger partial charge in [0.05, 0.1) is 12.3 Å². The van der Waals surface area contributed by atoms with E-state index in [2.05, 4.69) is 4.90 Å². The lowest BCUT2D eigenvalue weighted by Gasteiger charge is -2.41. The van der Waals surface area contributed by atoms with Crippen LogP contribution in [0.1, 0.15) is 25.3 Å². The van der Waals surface area contributed by atoms with Crippen LogP contribution in [-0.4, -0.2) is 30.4 Å². The molecule has 0 aromatic heterocycles. The van der Waals surface area contributed by atoms with Gasteiger partial charge in [0.15, 0.2) is 5.78 Å². The van der Waals surface area contributed by atoms with Gasteiger partial charge in [-0.1, -0.05) is 18.2 Å². The van der Waals surface area contributed by atoms with Crippen LogP contribution in [0.4, 0.5) is 0 Å². The maximum Gasteiger partial charge on any atom is 0.182 e. The van der Waals surface area contributed by atoms with Gasteiger partial charge in [0.1, 0.15) is 5.75 Å². The maximum absolute atomic E-state index is 12.3. The van der Waals surface area contributed by atoms with E-state index < -0.39 is 0 Å². The SMILES string of the molecule is CCOc1ccccc1C=C1C(=O)C2CCN1CC2. The Morgan fingerprint density at radius 3 is 2.74 bits per heavy atom. The summed E-state index contributed by atoms with van der Waals surface area (Å²) >= 11 is 0. The largest absolute Gasteiger partial charge is 0.493 e. The molecule has 3 aliphatic rings. The Labute approximate surface area is 113 Å². The highest BCUT2D eigenvalue weighted by Crippen LogP contribution is 2.33. The topological polar surface area (TPSA) is 29.5 Å². The van der Waals surface area contributed by atoms with E-state index in [0.29, 0.717) is 12.4 Å². The zero-order valence-electron chi connectivity index (χ0n) is 11.3. The number of para-hydroxylation sites is 1. The third kappa shape index (κ3) is 2.25. The molecule has 3 aliphatic heterocycles. The Hall–Kier alpha value is -1.77. The van der Waals surface area contributed by atoms with Crippen LogP contribution >= 0.6 is 0 Å². The molecule has 19 heavy (non-hydrogen) atoms. The van der Waals surface area contributed by atoms with Gasteiger partial charge < -0.3 is 9.64 Å². The summed E-state index contributed by atoms with van der Waals surface area (Å²) in [6.45, 7) is 4.64. The number of ketones is 1. The Bertz CT molecular complexity index is 513. The van der Waals surface area contributed by atoms with Gasteiger partial charge in [-0.2, -0.15) is 0 Å². The van der Waals surface area contributed by atoms with E-state index in [4.69, 9.17) is 4.74 Å². The van der Waals surface area contributed by atoms with Gasteiger partial charge in [-0.05, 0) is 31.9 Å². The highest BCUT2D eigenvalue weighted by molar-refractivity contribution is 6.02. The lowest BCUT2D eigenvalue weighted by molar-refractivity contribution is -0.125. The average molecular weight is 257 g/mol. The smallest absolute Gasteiger partial charge is 0.182 e. The molecule has 1 aromatic carbocycles. The summed E-state index contributed by atoms with van der Waals surface area (Å²) in [7, 11) is 0. The Morgan fingerprint density at radius 2 is 2.05 bits per heavy atom. The van der Waals surface area contributed by atoms with Crippen molar-refractivity contribution in [2.75, 3.05) is 19.7 Å². The van der Waals surface area contributed by atoms with E-state index in [1.54, 1.807) is 0 Å². The number of hydrogen-bond donors (Lipinski definition) is 0. The minimum absolute atomic E-state index is 0.246. The summed E-state index contributed by atoms with van der Waals surface area (Å²) in [5.74, 6) is 1.41. The van der Waals surface area contributed by atoms with Crippen molar-refractivity contribution in [3.63, 3.8) is 0 Å². The van der Waals surface area contributed by atoms with Gasteiger partial charge in [-0.25, -0.2) is 0 Å². The number of piperidine rings is 3. The quantitative estimate of drug-likeness (QED) is 0.780. The Balaban J connectivity index is 1.95. The molecular weight excluding hydrogens is 238 g/mol. The molecule has 2 bridgehead atoms. The van der Waals surface area contributed by atoms with Gasteiger partial charge >= 0.3 is 0 Å². The minimum atomic E-state index is 0.246. The fourth-order valence-electron chi connectivity index (χ4n) is 2.94. The molecular formula is C16H19NO2. The van der Waals surface area contributed by atoms with Crippen LogP contribution in [0, 0.1) is 5.92 Å². The van der Waals surface area contributed by atoms with Gasteiger partial charge in [-0.15, -0.1) is 0 Å². The first-order valence-electron chi connectivity index (χ1n) is 7.02. The molecule has 100 valence electrons. The van der Waals surface area contributed by atoms with Gasteiger partial charge in [0, 0.05) is 24.6 Å². The van der Waals surface area contributed by atoms with Crippen molar-refractivity contribution in [1.82, 2.24) is 4.90 Å². The van der Waals surface area contributed by atoms with Crippen molar-refractivity contribution in [3.8, 4) is 5.75 Å². The van der Waals surface area contributed by atoms with Crippen LogP contribution in [0.2, 0.25) is 0 Å². The monoisotopic (exact) mass is 257 g/mol. The molecule has 0 saturated carbocycles. The van der Waals surface area contributed by atoms with Gasteiger partial charge in [-0.3, -0.25) is 4.79 Å². The lowest BCUT2D eigenvalue weighted by atomic mass is 9.84. The van der Waals surface area contributed by atoms with E-state index in [1.165, 1.54) is 0 Å². The van der Waals surface area contributed by atoms with Gasteiger partial charge in [0.25, 0.3) is 0 Å². The number of fused-ring (bicyclic) bond motifs is 3. The third-order valence-corrected chi connectivity index (χ3v) is 3.97. The van der Waals surface area contributed by atoms with Crippen LogP contribution in [0.3, 0.4) is 0 Å². The highest BCUT2D eigenvalue weighted by Gasteiger charge is 2.36. The van der Waals surface area contributed by atoms with E-state index in [-0.39, 0.29) is 5.92 Å². The summed E-state index contributed by atoms with van der Waals surface area (Å²) in [6, 6.07) is 7.91. The first-order valence-corrected chi connectivity index (χ1v) is 7.02. The predicted molar refractivity (Wildman–Crippen MR) is 74.9 cm³/mol. The standard InChI is InChI=1S/C16H19NO2/c1-2-19-15-6-4-3-5-13(15)11-14-16(18)12-7-9-17(14)10-8-12/h3-6,11-12H,2,7-10H2,1H3. The molecule has 0 amide bonds. The molecule has 3 heteroatoms. The summed E-state index contributed by atoms with van der Waals surface area (Å²) in [4.78, 5) is 14.5. The number of carbonyl (C=O) groups excluding carboxylic acids is 1. The average Bonchev–Trinajstić information content (AvgIpc) is 2.45. The summed E-state index contributed by atoms with van der Waals surface area (Å²) in [6.07, 6.45) is 4.03. The van der Waals surface area contributed by atoms with Crippen LogP contribution < -0.4 is 4.74 Å². The molecule has 3 fully saturated rings.